The second kappa shape index (κ2) is 16.7. The van der Waals surface area contributed by atoms with Gasteiger partial charge in [-0.05, 0) is 59.8 Å². The molecule has 1 aliphatic rings. The summed E-state index contributed by atoms with van der Waals surface area (Å²) in [6.45, 7) is 24.5. The Morgan fingerprint density at radius 1 is 1.04 bits per heavy atom. The van der Waals surface area contributed by atoms with E-state index in [0.29, 0.717) is 12.1 Å². The van der Waals surface area contributed by atoms with Gasteiger partial charge in [-0.3, -0.25) is 9.89 Å². The van der Waals surface area contributed by atoms with Crippen LogP contribution in [-0.2, 0) is 0 Å². The lowest BCUT2D eigenvalue weighted by atomic mass is 10.2. The Balaban J connectivity index is 0.00000729. The third kappa shape index (κ3) is 11.2. The van der Waals surface area contributed by atoms with Crippen LogP contribution >= 0.6 is 24.0 Å². The molecule has 0 aromatic heterocycles. The third-order valence-electron chi connectivity index (χ3n) is 5.72. The number of halogens is 1. The molecule has 0 bridgehead atoms. The zero-order chi connectivity index (χ0) is 20.1. The molecule has 0 aromatic rings. The number of likely N-dealkylation sites (N-methyl/N-ethyl adjacent to an activating group) is 1. The van der Waals surface area contributed by atoms with Crippen LogP contribution in [0.3, 0.4) is 0 Å². The van der Waals surface area contributed by atoms with E-state index in [4.69, 9.17) is 4.99 Å². The van der Waals surface area contributed by atoms with Gasteiger partial charge in [-0.1, -0.05) is 20.8 Å². The Labute approximate surface area is 191 Å². The first-order valence-electron chi connectivity index (χ1n) is 11.3. The van der Waals surface area contributed by atoms with Crippen molar-refractivity contribution >= 4 is 29.9 Å². The predicted molar refractivity (Wildman–Crippen MR) is 134 cm³/mol. The SMILES string of the molecule is CCNC(=NCC(C)N1CCN(CC)CC1)NC(C)CCCN(CC)CC.I. The molecule has 1 saturated heterocycles. The minimum Gasteiger partial charge on any atom is -0.357 e. The van der Waals surface area contributed by atoms with Crippen LogP contribution in [0.4, 0.5) is 0 Å². The van der Waals surface area contributed by atoms with E-state index in [1.165, 1.54) is 39.0 Å². The van der Waals surface area contributed by atoms with E-state index >= 15 is 0 Å². The summed E-state index contributed by atoms with van der Waals surface area (Å²) in [6.07, 6.45) is 2.41. The Hall–Kier alpha value is -0.120. The largest absolute Gasteiger partial charge is 0.357 e. The van der Waals surface area contributed by atoms with Crippen molar-refractivity contribution in [3.8, 4) is 0 Å². The van der Waals surface area contributed by atoms with E-state index in [9.17, 15) is 0 Å². The molecule has 0 saturated carbocycles. The van der Waals surface area contributed by atoms with Gasteiger partial charge >= 0.3 is 0 Å². The first-order valence-corrected chi connectivity index (χ1v) is 11.3. The molecular weight excluding hydrogens is 463 g/mol. The standard InChI is InChI=1S/C21H46N6.HI/c1-7-22-21(24-19(5)12-11-13-25(8-2)9-3)23-18-20(6)27-16-14-26(10-4)15-17-27;/h19-20H,7-18H2,1-6H3,(H2,22,23,24);1H. The zero-order valence-electron chi connectivity index (χ0n) is 19.3. The number of aliphatic imine (C=N–C) groups is 1. The molecule has 2 atom stereocenters. The average Bonchev–Trinajstić information content (AvgIpc) is 2.69. The van der Waals surface area contributed by atoms with E-state index in [1.54, 1.807) is 0 Å². The summed E-state index contributed by atoms with van der Waals surface area (Å²) in [4.78, 5) is 12.5. The van der Waals surface area contributed by atoms with E-state index in [0.717, 1.165) is 45.2 Å². The van der Waals surface area contributed by atoms with E-state index in [-0.39, 0.29) is 24.0 Å². The summed E-state index contributed by atoms with van der Waals surface area (Å²) < 4.78 is 0. The van der Waals surface area contributed by atoms with Crippen LogP contribution in [0.5, 0.6) is 0 Å². The smallest absolute Gasteiger partial charge is 0.191 e. The lowest BCUT2D eigenvalue weighted by Crippen LogP contribution is -2.50. The topological polar surface area (TPSA) is 46.1 Å². The molecule has 2 unspecified atom stereocenters. The molecule has 1 fully saturated rings. The first kappa shape index (κ1) is 27.9. The molecule has 0 radical (unpaired) electrons. The van der Waals surface area contributed by atoms with Gasteiger partial charge < -0.3 is 20.4 Å². The fourth-order valence-corrected chi connectivity index (χ4v) is 3.65. The van der Waals surface area contributed by atoms with Crippen molar-refractivity contribution in [2.24, 2.45) is 4.99 Å². The number of guanidine groups is 1. The van der Waals surface area contributed by atoms with E-state index in [1.807, 2.05) is 0 Å². The molecule has 6 nitrogen and oxygen atoms in total. The normalized spacial score (nSPS) is 18.6. The summed E-state index contributed by atoms with van der Waals surface area (Å²) >= 11 is 0. The molecule has 0 amide bonds. The van der Waals surface area contributed by atoms with Crippen molar-refractivity contribution in [2.45, 2.75) is 66.5 Å². The second-order valence-corrected chi connectivity index (χ2v) is 7.75. The molecule has 2 N–H and O–H groups in total. The lowest BCUT2D eigenvalue weighted by Gasteiger charge is -2.37. The zero-order valence-corrected chi connectivity index (χ0v) is 21.7. The van der Waals surface area contributed by atoms with Gasteiger partial charge in [-0.15, -0.1) is 24.0 Å². The van der Waals surface area contributed by atoms with Crippen LogP contribution in [0.2, 0.25) is 0 Å². The van der Waals surface area contributed by atoms with Gasteiger partial charge in [0.25, 0.3) is 0 Å². The maximum atomic E-state index is 4.87. The van der Waals surface area contributed by atoms with Gasteiger partial charge in [0.15, 0.2) is 5.96 Å². The molecule has 0 aromatic carbocycles. The van der Waals surface area contributed by atoms with Crippen molar-refractivity contribution in [2.75, 3.05) is 65.4 Å². The lowest BCUT2D eigenvalue weighted by molar-refractivity contribution is 0.109. The van der Waals surface area contributed by atoms with Crippen LogP contribution < -0.4 is 10.6 Å². The minimum absolute atomic E-state index is 0. The van der Waals surface area contributed by atoms with Gasteiger partial charge in [0.2, 0.25) is 0 Å². The second-order valence-electron chi connectivity index (χ2n) is 7.75. The molecule has 28 heavy (non-hydrogen) atoms. The third-order valence-corrected chi connectivity index (χ3v) is 5.72. The number of hydrogen-bond donors (Lipinski definition) is 2. The van der Waals surface area contributed by atoms with Crippen LogP contribution in [0, 0.1) is 0 Å². The average molecular weight is 511 g/mol. The quantitative estimate of drug-likeness (QED) is 0.240. The maximum Gasteiger partial charge on any atom is 0.191 e. The molecule has 168 valence electrons. The highest BCUT2D eigenvalue weighted by atomic mass is 127. The molecule has 0 spiro atoms. The number of hydrogen-bond acceptors (Lipinski definition) is 4. The predicted octanol–water partition coefficient (Wildman–Crippen LogP) is 2.70. The molecular formula is C21H47IN6. The van der Waals surface area contributed by atoms with Gasteiger partial charge in [0, 0.05) is 44.8 Å². The number of rotatable bonds is 12. The summed E-state index contributed by atoms with van der Waals surface area (Å²) in [5.41, 5.74) is 0. The van der Waals surface area contributed by atoms with Crippen molar-refractivity contribution in [3.05, 3.63) is 0 Å². The van der Waals surface area contributed by atoms with Crippen LogP contribution in [0.25, 0.3) is 0 Å². The summed E-state index contributed by atoms with van der Waals surface area (Å²) in [5, 5.41) is 7.01. The molecule has 7 heteroatoms. The highest BCUT2D eigenvalue weighted by molar-refractivity contribution is 14.0. The molecule has 1 rings (SSSR count). The number of nitrogens with one attached hydrogen (secondary N) is 2. The summed E-state index contributed by atoms with van der Waals surface area (Å²) in [5.74, 6) is 0.965. The first-order chi connectivity index (χ1) is 13.0. The van der Waals surface area contributed by atoms with E-state index < -0.39 is 0 Å². The monoisotopic (exact) mass is 510 g/mol. The number of piperazine rings is 1. The van der Waals surface area contributed by atoms with Crippen molar-refractivity contribution < 1.29 is 0 Å². The van der Waals surface area contributed by atoms with Crippen LogP contribution in [0.15, 0.2) is 4.99 Å². The Morgan fingerprint density at radius 3 is 2.21 bits per heavy atom. The molecule has 0 aliphatic carbocycles. The Morgan fingerprint density at radius 2 is 1.68 bits per heavy atom. The van der Waals surface area contributed by atoms with Gasteiger partial charge in [-0.25, -0.2) is 0 Å². The van der Waals surface area contributed by atoms with Crippen LogP contribution in [-0.4, -0.2) is 98.2 Å². The van der Waals surface area contributed by atoms with Crippen LogP contribution in [0.1, 0.15) is 54.4 Å². The number of nitrogens with zero attached hydrogens (tertiary/aromatic N) is 4. The highest BCUT2D eigenvalue weighted by Crippen LogP contribution is 2.06. The molecule has 1 heterocycles. The van der Waals surface area contributed by atoms with Crippen molar-refractivity contribution in [3.63, 3.8) is 0 Å². The fourth-order valence-electron chi connectivity index (χ4n) is 3.65. The highest BCUT2D eigenvalue weighted by Gasteiger charge is 2.20. The molecule has 1 aliphatic heterocycles. The van der Waals surface area contributed by atoms with E-state index in [2.05, 4.69) is 66.9 Å². The minimum atomic E-state index is 0. The van der Waals surface area contributed by atoms with Crippen molar-refractivity contribution in [1.82, 2.24) is 25.3 Å². The van der Waals surface area contributed by atoms with Crippen molar-refractivity contribution in [1.29, 1.82) is 0 Å². The maximum absolute atomic E-state index is 4.87. The summed E-state index contributed by atoms with van der Waals surface area (Å²) in [7, 11) is 0. The van der Waals surface area contributed by atoms with Gasteiger partial charge in [0.1, 0.15) is 0 Å². The fraction of sp³-hybridized carbons (Fsp3) is 0.952. The Kier molecular flexibility index (Phi) is 16.6. The van der Waals surface area contributed by atoms with Gasteiger partial charge in [0.05, 0.1) is 6.54 Å². The Bertz CT molecular complexity index is 394. The van der Waals surface area contributed by atoms with Gasteiger partial charge in [-0.2, -0.15) is 0 Å². The summed E-state index contributed by atoms with van der Waals surface area (Å²) in [6, 6.07) is 0.944.